The van der Waals surface area contributed by atoms with Crippen LogP contribution in [0.25, 0.3) is 0 Å². The Morgan fingerprint density at radius 3 is 2.73 bits per heavy atom. The van der Waals surface area contributed by atoms with Crippen LogP contribution in [0.5, 0.6) is 0 Å². The molecule has 3 atom stereocenters. The quantitative estimate of drug-likeness (QED) is 0.858. The van der Waals surface area contributed by atoms with E-state index in [1.165, 1.54) is 5.56 Å². The van der Waals surface area contributed by atoms with Gasteiger partial charge in [0.2, 0.25) is 0 Å². The fraction of sp³-hybridized carbons (Fsp3) is 0.409. The van der Waals surface area contributed by atoms with Crippen molar-refractivity contribution in [3.8, 4) is 0 Å². The third kappa shape index (κ3) is 3.15. The number of para-hydroxylation sites is 1. The van der Waals surface area contributed by atoms with Gasteiger partial charge in [-0.15, -0.1) is 0 Å². The monoisotopic (exact) mass is 350 g/mol. The molecule has 2 aromatic rings. The molecule has 1 saturated heterocycles. The fourth-order valence-corrected chi connectivity index (χ4v) is 4.25. The van der Waals surface area contributed by atoms with Gasteiger partial charge in [0, 0.05) is 30.3 Å². The molecule has 2 N–H and O–H groups in total. The fourth-order valence-electron chi connectivity index (χ4n) is 4.25. The van der Waals surface area contributed by atoms with Crippen LogP contribution in [0.2, 0.25) is 0 Å². The standard InChI is InChI=1S/C22H26N2O2/c1-2-8-18-13-17(23-15-16-9-4-3-5-10-16)14-22(26-18)19-11-6-7-12-20(19)24-21(22)25/h3-7,9-12,17-18,23H,2,8,13-15H2,1H3,(H,24,25)/t17-,18+,22?/m1/s1. The van der Waals surface area contributed by atoms with Gasteiger partial charge in [0.1, 0.15) is 0 Å². The maximum absolute atomic E-state index is 12.9. The van der Waals surface area contributed by atoms with Crippen molar-refractivity contribution in [1.29, 1.82) is 0 Å². The summed E-state index contributed by atoms with van der Waals surface area (Å²) < 4.78 is 6.44. The van der Waals surface area contributed by atoms with E-state index in [0.717, 1.165) is 37.1 Å². The van der Waals surface area contributed by atoms with Gasteiger partial charge in [-0.1, -0.05) is 61.9 Å². The number of hydrogen-bond acceptors (Lipinski definition) is 3. The van der Waals surface area contributed by atoms with Crippen LogP contribution in [0.4, 0.5) is 5.69 Å². The molecule has 0 bridgehead atoms. The Kier molecular flexibility index (Phi) is 4.79. The first kappa shape index (κ1) is 17.3. The highest BCUT2D eigenvalue weighted by molar-refractivity contribution is 6.05. The molecule has 0 aliphatic carbocycles. The molecule has 2 aliphatic rings. The number of fused-ring (bicyclic) bond motifs is 2. The number of benzene rings is 2. The zero-order valence-electron chi connectivity index (χ0n) is 15.2. The number of hydrogen-bond donors (Lipinski definition) is 2. The molecular weight excluding hydrogens is 324 g/mol. The van der Waals surface area contributed by atoms with Crippen molar-refractivity contribution < 1.29 is 9.53 Å². The molecule has 1 fully saturated rings. The van der Waals surface area contributed by atoms with Gasteiger partial charge in [-0.3, -0.25) is 4.79 Å². The second-order valence-corrected chi connectivity index (χ2v) is 7.36. The summed E-state index contributed by atoms with van der Waals surface area (Å²) in [5.74, 6) is -0.0222. The van der Waals surface area contributed by atoms with Crippen LogP contribution in [0.15, 0.2) is 54.6 Å². The summed E-state index contributed by atoms with van der Waals surface area (Å²) >= 11 is 0. The highest BCUT2D eigenvalue weighted by Gasteiger charge is 2.53. The number of carbonyl (C=O) groups excluding carboxylic acids is 1. The summed E-state index contributed by atoms with van der Waals surface area (Å²) in [6, 6.07) is 18.6. The van der Waals surface area contributed by atoms with Gasteiger partial charge in [-0.05, 0) is 24.5 Å². The molecule has 2 heterocycles. The van der Waals surface area contributed by atoms with Crippen LogP contribution in [0.3, 0.4) is 0 Å². The van der Waals surface area contributed by atoms with Gasteiger partial charge in [0.15, 0.2) is 5.60 Å². The van der Waals surface area contributed by atoms with E-state index < -0.39 is 5.60 Å². The minimum absolute atomic E-state index is 0.0222. The Bertz CT molecular complexity index is 777. The molecule has 4 nitrogen and oxygen atoms in total. The third-order valence-corrected chi connectivity index (χ3v) is 5.47. The number of amides is 1. The van der Waals surface area contributed by atoms with Crippen LogP contribution in [-0.2, 0) is 21.7 Å². The predicted molar refractivity (Wildman–Crippen MR) is 103 cm³/mol. The number of anilines is 1. The largest absolute Gasteiger partial charge is 0.357 e. The molecule has 26 heavy (non-hydrogen) atoms. The van der Waals surface area contributed by atoms with Crippen molar-refractivity contribution in [1.82, 2.24) is 5.32 Å². The summed E-state index contributed by atoms with van der Waals surface area (Å²) in [6.45, 7) is 2.98. The number of carbonyl (C=O) groups is 1. The molecule has 1 unspecified atom stereocenters. The number of nitrogens with one attached hydrogen (secondary N) is 2. The maximum Gasteiger partial charge on any atom is 0.261 e. The van der Waals surface area contributed by atoms with E-state index in [-0.39, 0.29) is 18.1 Å². The van der Waals surface area contributed by atoms with Crippen LogP contribution < -0.4 is 10.6 Å². The molecule has 0 saturated carbocycles. The van der Waals surface area contributed by atoms with E-state index in [4.69, 9.17) is 4.74 Å². The minimum Gasteiger partial charge on any atom is -0.357 e. The molecule has 136 valence electrons. The Balaban J connectivity index is 1.58. The van der Waals surface area contributed by atoms with Gasteiger partial charge < -0.3 is 15.4 Å². The lowest BCUT2D eigenvalue weighted by Gasteiger charge is -2.41. The van der Waals surface area contributed by atoms with E-state index in [0.29, 0.717) is 6.42 Å². The summed E-state index contributed by atoms with van der Waals surface area (Å²) in [7, 11) is 0. The van der Waals surface area contributed by atoms with E-state index in [9.17, 15) is 4.79 Å². The third-order valence-electron chi connectivity index (χ3n) is 5.47. The molecule has 2 aliphatic heterocycles. The Labute approximate surface area is 155 Å². The van der Waals surface area contributed by atoms with E-state index >= 15 is 0 Å². The summed E-state index contributed by atoms with van der Waals surface area (Å²) in [5.41, 5.74) is 2.27. The van der Waals surface area contributed by atoms with Crippen LogP contribution in [-0.4, -0.2) is 18.1 Å². The molecule has 0 radical (unpaired) electrons. The molecular formula is C22H26N2O2. The van der Waals surface area contributed by atoms with Crippen molar-refractivity contribution >= 4 is 11.6 Å². The Morgan fingerprint density at radius 1 is 1.15 bits per heavy atom. The second kappa shape index (κ2) is 7.22. The van der Waals surface area contributed by atoms with Gasteiger partial charge in [-0.25, -0.2) is 0 Å². The van der Waals surface area contributed by atoms with E-state index in [1.807, 2.05) is 30.3 Å². The summed E-state index contributed by atoms with van der Waals surface area (Å²) in [6.07, 6.45) is 3.73. The predicted octanol–water partition coefficient (Wildman–Crippen LogP) is 3.97. The van der Waals surface area contributed by atoms with Crippen molar-refractivity contribution in [2.75, 3.05) is 5.32 Å². The highest BCUT2D eigenvalue weighted by atomic mass is 16.5. The number of ether oxygens (including phenoxy) is 1. The zero-order chi connectivity index (χ0) is 18.0. The normalized spacial score (nSPS) is 27.3. The highest BCUT2D eigenvalue weighted by Crippen LogP contribution is 2.46. The van der Waals surface area contributed by atoms with Gasteiger partial charge >= 0.3 is 0 Å². The van der Waals surface area contributed by atoms with Gasteiger partial charge in [0.25, 0.3) is 5.91 Å². The van der Waals surface area contributed by atoms with Crippen LogP contribution in [0.1, 0.15) is 43.7 Å². The first-order valence-corrected chi connectivity index (χ1v) is 9.57. The second-order valence-electron chi connectivity index (χ2n) is 7.36. The van der Waals surface area contributed by atoms with Crippen LogP contribution >= 0.6 is 0 Å². The van der Waals surface area contributed by atoms with Crippen molar-refractivity contribution in [3.05, 3.63) is 65.7 Å². The molecule has 1 amide bonds. The molecule has 0 aromatic heterocycles. The van der Waals surface area contributed by atoms with E-state index in [2.05, 4.69) is 41.8 Å². The smallest absolute Gasteiger partial charge is 0.261 e. The lowest BCUT2D eigenvalue weighted by molar-refractivity contribution is -0.167. The number of rotatable bonds is 5. The minimum atomic E-state index is -0.858. The first-order valence-electron chi connectivity index (χ1n) is 9.57. The topological polar surface area (TPSA) is 50.4 Å². The Hall–Kier alpha value is -2.17. The average Bonchev–Trinajstić information content (AvgIpc) is 2.92. The molecule has 4 heteroatoms. The lowest BCUT2D eigenvalue weighted by Crippen LogP contribution is -2.52. The molecule has 1 spiro atoms. The van der Waals surface area contributed by atoms with Crippen molar-refractivity contribution in [3.63, 3.8) is 0 Å². The Morgan fingerprint density at radius 2 is 1.92 bits per heavy atom. The molecule has 2 aromatic carbocycles. The SMILES string of the molecule is CCC[C@H]1C[C@@H](NCc2ccccc2)CC2(O1)C(=O)Nc1ccccc12. The van der Waals surface area contributed by atoms with Crippen LogP contribution in [0, 0.1) is 0 Å². The summed E-state index contributed by atoms with van der Waals surface area (Å²) in [4.78, 5) is 12.9. The maximum atomic E-state index is 12.9. The molecule has 4 rings (SSSR count). The van der Waals surface area contributed by atoms with Crippen molar-refractivity contribution in [2.24, 2.45) is 0 Å². The zero-order valence-corrected chi connectivity index (χ0v) is 15.2. The lowest BCUT2D eigenvalue weighted by atomic mass is 9.82. The first-order chi connectivity index (χ1) is 12.7. The van der Waals surface area contributed by atoms with Gasteiger partial charge in [-0.2, -0.15) is 0 Å². The van der Waals surface area contributed by atoms with Gasteiger partial charge in [0.05, 0.1) is 6.10 Å². The summed E-state index contributed by atoms with van der Waals surface area (Å²) in [5, 5.41) is 6.69. The van der Waals surface area contributed by atoms with Crippen molar-refractivity contribution in [2.45, 2.75) is 56.9 Å². The average molecular weight is 350 g/mol. The van der Waals surface area contributed by atoms with E-state index in [1.54, 1.807) is 0 Å².